The molecule has 0 radical (unpaired) electrons. The van der Waals surface area contributed by atoms with Gasteiger partial charge in [-0.15, -0.1) is 0 Å². The fraction of sp³-hybridized carbons (Fsp3) is 0.278. The van der Waals surface area contributed by atoms with Gasteiger partial charge < -0.3 is 14.4 Å². The number of ether oxygens (including phenoxy) is 2. The van der Waals surface area contributed by atoms with Crippen LogP contribution in [0.5, 0.6) is 11.5 Å². The minimum absolute atomic E-state index is 0.0691. The van der Waals surface area contributed by atoms with E-state index in [9.17, 15) is 4.79 Å². The van der Waals surface area contributed by atoms with Crippen LogP contribution in [0.4, 0.5) is 5.69 Å². The Hall–Kier alpha value is -2.20. The molecule has 0 unspecified atom stereocenters. The van der Waals surface area contributed by atoms with Crippen molar-refractivity contribution in [2.45, 2.75) is 12.8 Å². The Kier molecular flexibility index (Phi) is 4.72. The van der Waals surface area contributed by atoms with Gasteiger partial charge in [-0.2, -0.15) is 0 Å². The van der Waals surface area contributed by atoms with Crippen LogP contribution in [0.1, 0.15) is 12.0 Å². The number of carbonyl (C=O) groups is 1. The lowest BCUT2D eigenvalue weighted by Crippen LogP contribution is -2.38. The molecule has 0 bridgehead atoms. The second kappa shape index (κ2) is 6.92. The number of carbonyl (C=O) groups excluding carboxylic acids is 1. The molecular formula is C18H18ClNO3. The van der Waals surface area contributed by atoms with Crippen LogP contribution in [0.15, 0.2) is 42.5 Å². The molecule has 1 aliphatic rings. The number of halogens is 1. The van der Waals surface area contributed by atoms with Crippen molar-refractivity contribution in [2.24, 2.45) is 0 Å². The summed E-state index contributed by atoms with van der Waals surface area (Å²) in [4.78, 5) is 14.4. The van der Waals surface area contributed by atoms with Gasteiger partial charge >= 0.3 is 0 Å². The molecule has 0 spiro atoms. The lowest BCUT2D eigenvalue weighted by Gasteiger charge is -2.29. The Bertz CT molecular complexity index is 717. The zero-order chi connectivity index (χ0) is 16.2. The average molecular weight is 332 g/mol. The van der Waals surface area contributed by atoms with Crippen LogP contribution in [0.25, 0.3) is 0 Å². The first kappa shape index (κ1) is 15.7. The van der Waals surface area contributed by atoms with Gasteiger partial charge in [-0.05, 0) is 42.3 Å². The Morgan fingerprint density at radius 2 is 2.17 bits per heavy atom. The van der Waals surface area contributed by atoms with Crippen LogP contribution in [0.3, 0.4) is 0 Å². The molecule has 1 aliphatic heterocycles. The number of methoxy groups -OCH3 is 1. The summed E-state index contributed by atoms with van der Waals surface area (Å²) in [5.41, 5.74) is 1.83. The Morgan fingerprint density at radius 1 is 1.30 bits per heavy atom. The molecule has 2 aromatic carbocycles. The number of fused-ring (bicyclic) bond motifs is 1. The van der Waals surface area contributed by atoms with E-state index in [0.717, 1.165) is 17.0 Å². The highest BCUT2D eigenvalue weighted by molar-refractivity contribution is 6.31. The molecule has 2 aromatic rings. The Morgan fingerprint density at radius 3 is 3.00 bits per heavy atom. The van der Waals surface area contributed by atoms with Crippen LogP contribution in [-0.2, 0) is 11.2 Å². The second-order valence-corrected chi connectivity index (χ2v) is 5.79. The van der Waals surface area contributed by atoms with Gasteiger partial charge in [-0.25, -0.2) is 0 Å². The number of aryl methyl sites for hydroxylation is 1. The van der Waals surface area contributed by atoms with Crippen LogP contribution in [0.2, 0.25) is 5.02 Å². The molecule has 0 atom stereocenters. The standard InChI is InChI=1S/C18H18ClNO3/c1-22-15-4-2-3-13(11-15)5-8-18(21)20-9-10-23-17-7-6-14(19)12-16(17)20/h2-4,6-7,11-12H,5,8-10H2,1H3. The van der Waals surface area contributed by atoms with Crippen molar-refractivity contribution < 1.29 is 14.3 Å². The first-order chi connectivity index (χ1) is 11.2. The topological polar surface area (TPSA) is 38.8 Å². The molecule has 120 valence electrons. The smallest absolute Gasteiger partial charge is 0.227 e. The largest absolute Gasteiger partial charge is 0.497 e. The van der Waals surface area contributed by atoms with Crippen molar-refractivity contribution >= 4 is 23.2 Å². The molecule has 0 saturated carbocycles. The predicted molar refractivity (Wildman–Crippen MR) is 90.6 cm³/mol. The summed E-state index contributed by atoms with van der Waals surface area (Å²) in [7, 11) is 1.64. The van der Waals surface area contributed by atoms with Crippen LogP contribution in [-0.4, -0.2) is 26.2 Å². The molecule has 0 aliphatic carbocycles. The summed E-state index contributed by atoms with van der Waals surface area (Å²) in [6, 6.07) is 13.1. The fourth-order valence-electron chi connectivity index (χ4n) is 2.66. The van der Waals surface area contributed by atoms with E-state index >= 15 is 0 Å². The molecule has 4 nitrogen and oxygen atoms in total. The quantitative estimate of drug-likeness (QED) is 0.857. The van der Waals surface area contributed by atoms with Gasteiger partial charge in [0.1, 0.15) is 18.1 Å². The number of nitrogens with zero attached hydrogens (tertiary/aromatic N) is 1. The van der Waals surface area contributed by atoms with Gasteiger partial charge in [0, 0.05) is 11.4 Å². The Balaban J connectivity index is 1.71. The van der Waals surface area contributed by atoms with E-state index in [4.69, 9.17) is 21.1 Å². The van der Waals surface area contributed by atoms with E-state index in [0.29, 0.717) is 36.8 Å². The minimum Gasteiger partial charge on any atom is -0.497 e. The van der Waals surface area contributed by atoms with Crippen molar-refractivity contribution in [3.8, 4) is 11.5 Å². The van der Waals surface area contributed by atoms with Crippen LogP contribution in [0, 0.1) is 0 Å². The molecule has 1 amide bonds. The second-order valence-electron chi connectivity index (χ2n) is 5.36. The number of rotatable bonds is 4. The molecule has 23 heavy (non-hydrogen) atoms. The monoisotopic (exact) mass is 331 g/mol. The van der Waals surface area contributed by atoms with Gasteiger partial charge in [0.15, 0.2) is 0 Å². The minimum atomic E-state index is 0.0691. The molecular weight excluding hydrogens is 314 g/mol. The summed E-state index contributed by atoms with van der Waals surface area (Å²) in [5.74, 6) is 1.58. The summed E-state index contributed by atoms with van der Waals surface area (Å²) in [5, 5.41) is 0.597. The third-order valence-corrected chi connectivity index (χ3v) is 4.08. The number of anilines is 1. The average Bonchev–Trinajstić information content (AvgIpc) is 2.59. The maximum absolute atomic E-state index is 12.6. The molecule has 5 heteroatoms. The van der Waals surface area contributed by atoms with Crippen molar-refractivity contribution in [1.82, 2.24) is 0 Å². The normalized spacial score (nSPS) is 13.2. The van der Waals surface area contributed by atoms with Gasteiger partial charge in [-0.3, -0.25) is 4.79 Å². The number of amides is 1. The number of benzene rings is 2. The molecule has 0 saturated heterocycles. The van der Waals surface area contributed by atoms with Crippen molar-refractivity contribution in [3.63, 3.8) is 0 Å². The van der Waals surface area contributed by atoms with E-state index in [1.807, 2.05) is 24.3 Å². The highest BCUT2D eigenvalue weighted by atomic mass is 35.5. The predicted octanol–water partition coefficient (Wildman–Crippen LogP) is 3.71. The van der Waals surface area contributed by atoms with E-state index < -0.39 is 0 Å². The lowest BCUT2D eigenvalue weighted by molar-refractivity contribution is -0.118. The number of hydrogen-bond acceptors (Lipinski definition) is 3. The molecule has 1 heterocycles. The van der Waals surface area contributed by atoms with Gasteiger partial charge in [0.25, 0.3) is 0 Å². The first-order valence-corrected chi connectivity index (χ1v) is 7.91. The molecule has 3 rings (SSSR count). The third kappa shape index (κ3) is 3.59. The molecule has 0 N–H and O–H groups in total. The lowest BCUT2D eigenvalue weighted by atomic mass is 10.1. The van der Waals surface area contributed by atoms with E-state index in [1.54, 1.807) is 30.2 Å². The van der Waals surface area contributed by atoms with Gasteiger partial charge in [0.2, 0.25) is 5.91 Å². The maximum Gasteiger partial charge on any atom is 0.227 e. The summed E-state index contributed by atoms with van der Waals surface area (Å²) in [6.07, 6.45) is 1.10. The van der Waals surface area contributed by atoms with Crippen LogP contribution < -0.4 is 14.4 Å². The van der Waals surface area contributed by atoms with Gasteiger partial charge in [-0.1, -0.05) is 23.7 Å². The fourth-order valence-corrected chi connectivity index (χ4v) is 2.83. The highest BCUT2D eigenvalue weighted by Gasteiger charge is 2.23. The van der Waals surface area contributed by atoms with E-state index in [-0.39, 0.29) is 5.91 Å². The van der Waals surface area contributed by atoms with Crippen LogP contribution >= 0.6 is 11.6 Å². The third-order valence-electron chi connectivity index (χ3n) is 3.85. The van der Waals surface area contributed by atoms with Crippen molar-refractivity contribution in [2.75, 3.05) is 25.2 Å². The maximum atomic E-state index is 12.6. The van der Waals surface area contributed by atoms with E-state index in [2.05, 4.69) is 0 Å². The van der Waals surface area contributed by atoms with E-state index in [1.165, 1.54) is 0 Å². The van der Waals surface area contributed by atoms with Crippen molar-refractivity contribution in [1.29, 1.82) is 0 Å². The summed E-state index contributed by atoms with van der Waals surface area (Å²) < 4.78 is 10.8. The highest BCUT2D eigenvalue weighted by Crippen LogP contribution is 2.34. The summed E-state index contributed by atoms with van der Waals surface area (Å²) in [6.45, 7) is 1.05. The van der Waals surface area contributed by atoms with Gasteiger partial charge in [0.05, 0.1) is 19.3 Å². The Labute approximate surface area is 140 Å². The summed E-state index contributed by atoms with van der Waals surface area (Å²) >= 11 is 6.05. The number of hydrogen-bond donors (Lipinski definition) is 0. The zero-order valence-corrected chi connectivity index (χ0v) is 13.7. The van der Waals surface area contributed by atoms with Crippen molar-refractivity contribution in [3.05, 3.63) is 53.1 Å². The zero-order valence-electron chi connectivity index (χ0n) is 12.9. The molecule has 0 fully saturated rings. The molecule has 0 aromatic heterocycles. The SMILES string of the molecule is COc1cccc(CCC(=O)N2CCOc3ccc(Cl)cc32)c1. The first-order valence-electron chi connectivity index (χ1n) is 7.53.